The predicted octanol–water partition coefficient (Wildman–Crippen LogP) is 3.50. The van der Waals surface area contributed by atoms with E-state index >= 15 is 0 Å². The van der Waals surface area contributed by atoms with Crippen molar-refractivity contribution in [2.24, 2.45) is 0 Å². The molecule has 4 rings (SSSR count). The highest BCUT2D eigenvalue weighted by Gasteiger charge is 2.10. The fourth-order valence-electron chi connectivity index (χ4n) is 3.53. The molecular weight excluding hydrogens is 418 g/mol. The van der Waals surface area contributed by atoms with E-state index in [0.717, 1.165) is 10.9 Å². The van der Waals surface area contributed by atoms with Gasteiger partial charge in [0.05, 0.1) is 24.6 Å². The first kappa shape index (κ1) is 22.6. The molecule has 0 saturated carbocycles. The topological polar surface area (TPSA) is 77.8 Å². The molecule has 7 nitrogen and oxygen atoms in total. The van der Waals surface area contributed by atoms with Crippen LogP contribution in [-0.4, -0.2) is 54.4 Å². The lowest BCUT2D eigenvalue weighted by Gasteiger charge is -2.14. The summed E-state index contributed by atoms with van der Waals surface area (Å²) in [5, 5.41) is 19.1. The van der Waals surface area contributed by atoms with Crippen LogP contribution in [0.5, 0.6) is 17.2 Å². The molecule has 0 saturated heterocycles. The first-order valence-electron chi connectivity index (χ1n) is 11.0. The van der Waals surface area contributed by atoms with Crippen molar-refractivity contribution < 1.29 is 19.3 Å². The van der Waals surface area contributed by atoms with E-state index in [4.69, 9.17) is 14.2 Å². The van der Waals surface area contributed by atoms with Crippen LogP contribution < -0.4 is 19.5 Å². The predicted molar refractivity (Wildman–Crippen MR) is 128 cm³/mol. The summed E-state index contributed by atoms with van der Waals surface area (Å²) < 4.78 is 18.8. The van der Waals surface area contributed by atoms with Crippen molar-refractivity contribution in [1.82, 2.24) is 15.1 Å². The van der Waals surface area contributed by atoms with E-state index < -0.39 is 6.10 Å². The first-order chi connectivity index (χ1) is 16.2. The van der Waals surface area contributed by atoms with Gasteiger partial charge >= 0.3 is 0 Å². The van der Waals surface area contributed by atoms with Crippen LogP contribution in [-0.2, 0) is 6.54 Å². The van der Waals surface area contributed by atoms with Crippen LogP contribution >= 0.6 is 0 Å². The second kappa shape index (κ2) is 11.4. The third kappa shape index (κ3) is 6.25. The van der Waals surface area contributed by atoms with Crippen molar-refractivity contribution in [2.75, 3.05) is 33.4 Å². The van der Waals surface area contributed by atoms with Crippen molar-refractivity contribution in [3.05, 3.63) is 84.6 Å². The van der Waals surface area contributed by atoms with Gasteiger partial charge in [0, 0.05) is 19.3 Å². The van der Waals surface area contributed by atoms with Gasteiger partial charge in [-0.05, 0) is 29.8 Å². The molecule has 0 aliphatic heterocycles. The summed E-state index contributed by atoms with van der Waals surface area (Å²) in [5.74, 6) is 2.11. The maximum absolute atomic E-state index is 10.3. The largest absolute Gasteiger partial charge is 0.493 e. The summed E-state index contributed by atoms with van der Waals surface area (Å²) in [5.41, 5.74) is 2.05. The van der Waals surface area contributed by atoms with E-state index in [1.165, 1.54) is 5.56 Å². The Balaban J connectivity index is 1.23. The van der Waals surface area contributed by atoms with Gasteiger partial charge in [-0.15, -0.1) is 0 Å². The molecule has 2 N–H and O–H groups in total. The number of methoxy groups -OCH3 is 1. The zero-order valence-corrected chi connectivity index (χ0v) is 18.7. The highest BCUT2D eigenvalue weighted by atomic mass is 16.5. The summed E-state index contributed by atoms with van der Waals surface area (Å²) in [6.07, 6.45) is 1.34. The fraction of sp³-hybridized carbons (Fsp3) is 0.269. The highest BCUT2D eigenvalue weighted by molar-refractivity contribution is 5.84. The number of benzene rings is 3. The Bertz CT molecular complexity index is 1150. The Morgan fingerprint density at radius 3 is 2.48 bits per heavy atom. The second-order valence-electron chi connectivity index (χ2n) is 7.67. The minimum atomic E-state index is -0.647. The maximum Gasteiger partial charge on any atom is 0.161 e. The summed E-state index contributed by atoms with van der Waals surface area (Å²) >= 11 is 0. The lowest BCUT2D eigenvalue weighted by molar-refractivity contribution is 0.106. The quantitative estimate of drug-likeness (QED) is 0.324. The Morgan fingerprint density at radius 2 is 1.67 bits per heavy atom. The number of ether oxygens (including phenoxy) is 3. The molecule has 7 heteroatoms. The number of nitrogens with one attached hydrogen (secondary N) is 1. The van der Waals surface area contributed by atoms with Gasteiger partial charge in [0.25, 0.3) is 0 Å². The van der Waals surface area contributed by atoms with E-state index in [2.05, 4.69) is 22.5 Å². The van der Waals surface area contributed by atoms with Gasteiger partial charge in [-0.3, -0.25) is 4.68 Å². The average molecular weight is 448 g/mol. The third-order valence-electron chi connectivity index (χ3n) is 5.16. The molecule has 1 aromatic heterocycles. The van der Waals surface area contributed by atoms with Crippen LogP contribution in [0.4, 0.5) is 0 Å². The smallest absolute Gasteiger partial charge is 0.161 e. The maximum atomic E-state index is 10.3. The number of aromatic nitrogens is 2. The minimum absolute atomic E-state index is 0.184. The number of hydrogen-bond donors (Lipinski definition) is 2. The van der Waals surface area contributed by atoms with Crippen molar-refractivity contribution in [2.45, 2.75) is 12.6 Å². The van der Waals surface area contributed by atoms with Crippen LogP contribution in [0.1, 0.15) is 5.56 Å². The molecule has 1 heterocycles. The molecule has 1 unspecified atom stereocenters. The Morgan fingerprint density at radius 1 is 0.909 bits per heavy atom. The molecule has 1 atom stereocenters. The molecule has 4 aromatic rings. The molecule has 0 fully saturated rings. The Kier molecular flexibility index (Phi) is 7.79. The van der Waals surface area contributed by atoms with E-state index in [1.54, 1.807) is 7.11 Å². The van der Waals surface area contributed by atoms with Crippen LogP contribution in [0.25, 0.3) is 10.9 Å². The molecule has 0 spiro atoms. The second-order valence-corrected chi connectivity index (χ2v) is 7.67. The normalized spacial score (nSPS) is 11.9. The Hall–Kier alpha value is -3.55. The van der Waals surface area contributed by atoms with E-state index in [9.17, 15) is 5.11 Å². The molecule has 172 valence electrons. The van der Waals surface area contributed by atoms with Gasteiger partial charge in [-0.25, -0.2) is 0 Å². The van der Waals surface area contributed by atoms with E-state index in [1.807, 2.05) is 71.5 Å². The Labute approximate surface area is 193 Å². The van der Waals surface area contributed by atoms with Crippen molar-refractivity contribution in [3.63, 3.8) is 0 Å². The van der Waals surface area contributed by atoms with Crippen LogP contribution in [0, 0.1) is 0 Å². The number of nitrogens with zero attached hydrogens (tertiary/aromatic N) is 2. The minimum Gasteiger partial charge on any atom is -0.493 e. The average Bonchev–Trinajstić information content (AvgIpc) is 3.26. The number of para-hydroxylation sites is 2. The molecule has 3 aromatic carbocycles. The summed E-state index contributed by atoms with van der Waals surface area (Å²) in [6, 6.07) is 23.5. The summed E-state index contributed by atoms with van der Waals surface area (Å²) in [7, 11) is 1.62. The van der Waals surface area contributed by atoms with Gasteiger partial charge in [0.1, 0.15) is 25.1 Å². The SMILES string of the molecule is COc1ccccc1OCCNCC(O)COc1cccc2nn(Cc3ccccc3)cc12. The molecule has 0 bridgehead atoms. The van der Waals surface area contributed by atoms with Crippen LogP contribution in [0.2, 0.25) is 0 Å². The van der Waals surface area contributed by atoms with Gasteiger partial charge in [-0.2, -0.15) is 5.10 Å². The van der Waals surface area contributed by atoms with Crippen molar-refractivity contribution in [3.8, 4) is 17.2 Å². The number of rotatable bonds is 12. The zero-order chi connectivity index (χ0) is 22.9. The molecular formula is C26H29N3O4. The summed E-state index contributed by atoms with van der Waals surface area (Å²) in [6.45, 7) is 2.34. The molecule has 0 aliphatic rings. The summed E-state index contributed by atoms with van der Waals surface area (Å²) in [4.78, 5) is 0. The number of aliphatic hydroxyl groups is 1. The standard InChI is InChI=1S/C26H29N3O4/c1-31-25-11-5-6-12-26(25)32-15-14-27-16-21(30)19-33-24-13-7-10-23-22(24)18-29(28-23)17-20-8-3-2-4-9-20/h2-13,18,21,27,30H,14-17,19H2,1H3. The lowest BCUT2D eigenvalue weighted by atomic mass is 10.2. The molecule has 33 heavy (non-hydrogen) atoms. The van der Waals surface area contributed by atoms with Gasteiger partial charge < -0.3 is 24.6 Å². The van der Waals surface area contributed by atoms with E-state index in [-0.39, 0.29) is 6.61 Å². The number of hydrogen-bond acceptors (Lipinski definition) is 6. The van der Waals surface area contributed by atoms with Crippen molar-refractivity contribution in [1.29, 1.82) is 0 Å². The zero-order valence-electron chi connectivity index (χ0n) is 18.7. The number of aliphatic hydroxyl groups excluding tert-OH is 1. The third-order valence-corrected chi connectivity index (χ3v) is 5.16. The van der Waals surface area contributed by atoms with Crippen molar-refractivity contribution >= 4 is 10.9 Å². The van der Waals surface area contributed by atoms with Gasteiger partial charge in [0.2, 0.25) is 0 Å². The fourth-order valence-corrected chi connectivity index (χ4v) is 3.53. The first-order valence-corrected chi connectivity index (χ1v) is 11.0. The molecule has 0 radical (unpaired) electrons. The van der Waals surface area contributed by atoms with Gasteiger partial charge in [-0.1, -0.05) is 48.5 Å². The highest BCUT2D eigenvalue weighted by Crippen LogP contribution is 2.26. The van der Waals surface area contributed by atoms with Crippen LogP contribution in [0.3, 0.4) is 0 Å². The van der Waals surface area contributed by atoms with E-state index in [0.29, 0.717) is 43.5 Å². The van der Waals surface area contributed by atoms with Crippen LogP contribution in [0.15, 0.2) is 79.0 Å². The lowest BCUT2D eigenvalue weighted by Crippen LogP contribution is -2.33. The number of fused-ring (bicyclic) bond motifs is 1. The monoisotopic (exact) mass is 447 g/mol. The molecule has 0 aliphatic carbocycles. The van der Waals surface area contributed by atoms with Gasteiger partial charge in [0.15, 0.2) is 11.5 Å². The molecule has 0 amide bonds.